The number of nitrogens with one attached hydrogen (secondary N) is 1. The van der Waals surface area contributed by atoms with Gasteiger partial charge in [0.15, 0.2) is 5.65 Å². The highest BCUT2D eigenvalue weighted by molar-refractivity contribution is 5.82. The molecule has 3 heterocycles. The van der Waals surface area contributed by atoms with Crippen LogP contribution in [0.5, 0.6) is 0 Å². The number of rotatable bonds is 4. The van der Waals surface area contributed by atoms with Crippen molar-refractivity contribution in [2.45, 2.75) is 18.9 Å². The molecule has 5 nitrogen and oxygen atoms in total. The first-order chi connectivity index (χ1) is 13.8. The van der Waals surface area contributed by atoms with E-state index in [1.54, 1.807) is 6.33 Å². The van der Waals surface area contributed by atoms with Gasteiger partial charge in [-0.25, -0.2) is 9.97 Å². The number of pyridine rings is 1. The van der Waals surface area contributed by atoms with Gasteiger partial charge in [0.1, 0.15) is 5.52 Å². The molecule has 1 saturated heterocycles. The molecule has 138 valence electrons. The maximum absolute atomic E-state index is 12.7. The van der Waals surface area contributed by atoms with Gasteiger partial charge in [0.05, 0.1) is 12.0 Å². The number of hydrogen-bond donors (Lipinski definition) is 1. The number of nitrogens with zero attached hydrogens (tertiary/aromatic N) is 3. The van der Waals surface area contributed by atoms with Gasteiger partial charge in [0.2, 0.25) is 5.91 Å². The molecule has 1 atom stereocenters. The number of carbonyl (C=O) groups is 1. The second kappa shape index (κ2) is 6.93. The van der Waals surface area contributed by atoms with E-state index in [2.05, 4.69) is 28.2 Å². The molecule has 4 aromatic rings. The Morgan fingerprint density at radius 2 is 1.79 bits per heavy atom. The summed E-state index contributed by atoms with van der Waals surface area (Å²) in [6.07, 6.45) is 2.22. The monoisotopic (exact) mass is 368 g/mol. The van der Waals surface area contributed by atoms with E-state index in [1.807, 2.05) is 53.4 Å². The topological polar surface area (TPSA) is 61.9 Å². The molecular formula is C23H20N4O. The van der Waals surface area contributed by atoms with Crippen LogP contribution in [0.4, 0.5) is 0 Å². The molecule has 28 heavy (non-hydrogen) atoms. The third kappa shape index (κ3) is 3.05. The SMILES string of the molecule is O=C1CC(c2ccccc2)CN1Cc1cc(-c2ccccc2)nc2[nH]cnc12. The predicted octanol–water partition coefficient (Wildman–Crippen LogP) is 4.14. The average Bonchev–Trinajstić information content (AvgIpc) is 3.36. The zero-order chi connectivity index (χ0) is 18.9. The Bertz CT molecular complexity index is 1120. The zero-order valence-corrected chi connectivity index (χ0v) is 15.4. The number of likely N-dealkylation sites (tertiary alicyclic amines) is 1. The van der Waals surface area contributed by atoms with Gasteiger partial charge >= 0.3 is 0 Å². The van der Waals surface area contributed by atoms with Crippen molar-refractivity contribution in [1.82, 2.24) is 19.9 Å². The van der Waals surface area contributed by atoms with Crippen molar-refractivity contribution in [3.8, 4) is 11.3 Å². The van der Waals surface area contributed by atoms with E-state index in [4.69, 9.17) is 4.98 Å². The minimum Gasteiger partial charge on any atom is -0.338 e. The molecule has 5 heteroatoms. The number of carbonyl (C=O) groups excluding carboxylic acids is 1. The van der Waals surface area contributed by atoms with Gasteiger partial charge < -0.3 is 9.88 Å². The second-order valence-corrected chi connectivity index (χ2v) is 7.22. The van der Waals surface area contributed by atoms with Gasteiger partial charge in [-0.3, -0.25) is 4.79 Å². The van der Waals surface area contributed by atoms with Crippen LogP contribution in [0.3, 0.4) is 0 Å². The van der Waals surface area contributed by atoms with E-state index < -0.39 is 0 Å². The molecule has 1 amide bonds. The van der Waals surface area contributed by atoms with Crippen LogP contribution in [0, 0.1) is 0 Å². The first-order valence-electron chi connectivity index (χ1n) is 9.49. The normalized spacial score (nSPS) is 16.8. The molecule has 2 aromatic carbocycles. The fourth-order valence-electron chi connectivity index (χ4n) is 3.95. The third-order valence-electron chi connectivity index (χ3n) is 5.38. The molecule has 0 bridgehead atoms. The van der Waals surface area contributed by atoms with Crippen LogP contribution in [-0.4, -0.2) is 32.3 Å². The summed E-state index contributed by atoms with van der Waals surface area (Å²) < 4.78 is 0. The molecule has 1 unspecified atom stereocenters. The highest BCUT2D eigenvalue weighted by Gasteiger charge is 2.31. The predicted molar refractivity (Wildman–Crippen MR) is 109 cm³/mol. The van der Waals surface area contributed by atoms with E-state index in [0.29, 0.717) is 13.0 Å². The lowest BCUT2D eigenvalue weighted by atomic mass is 9.98. The lowest BCUT2D eigenvalue weighted by Crippen LogP contribution is -2.24. The first-order valence-corrected chi connectivity index (χ1v) is 9.49. The van der Waals surface area contributed by atoms with E-state index >= 15 is 0 Å². The Balaban J connectivity index is 1.46. The Morgan fingerprint density at radius 3 is 2.57 bits per heavy atom. The largest absolute Gasteiger partial charge is 0.338 e. The minimum atomic E-state index is 0.190. The number of amides is 1. The molecule has 1 fully saturated rings. The van der Waals surface area contributed by atoms with Crippen LogP contribution in [0.25, 0.3) is 22.4 Å². The summed E-state index contributed by atoms with van der Waals surface area (Å²) in [4.78, 5) is 26.9. The lowest BCUT2D eigenvalue weighted by Gasteiger charge is -2.18. The number of hydrogen-bond acceptors (Lipinski definition) is 3. The molecule has 0 aliphatic carbocycles. The van der Waals surface area contributed by atoms with E-state index in [0.717, 1.165) is 34.5 Å². The quantitative estimate of drug-likeness (QED) is 0.589. The molecule has 0 saturated carbocycles. The maximum atomic E-state index is 12.7. The number of fused-ring (bicyclic) bond motifs is 1. The van der Waals surface area contributed by atoms with Crippen molar-refractivity contribution < 1.29 is 4.79 Å². The van der Waals surface area contributed by atoms with Crippen LogP contribution < -0.4 is 0 Å². The van der Waals surface area contributed by atoms with Crippen molar-refractivity contribution >= 4 is 17.1 Å². The van der Waals surface area contributed by atoms with Crippen molar-refractivity contribution in [3.05, 3.63) is 84.2 Å². The number of benzene rings is 2. The number of aromatic nitrogens is 3. The van der Waals surface area contributed by atoms with Crippen LogP contribution in [0.15, 0.2) is 73.1 Å². The van der Waals surface area contributed by atoms with Crippen LogP contribution in [0.1, 0.15) is 23.5 Å². The molecule has 0 radical (unpaired) electrons. The van der Waals surface area contributed by atoms with Crippen molar-refractivity contribution in [2.75, 3.05) is 6.54 Å². The highest BCUT2D eigenvalue weighted by Crippen LogP contribution is 2.31. The summed E-state index contributed by atoms with van der Waals surface area (Å²) in [6, 6.07) is 22.4. The van der Waals surface area contributed by atoms with Crippen molar-refractivity contribution in [1.29, 1.82) is 0 Å². The van der Waals surface area contributed by atoms with Crippen LogP contribution in [-0.2, 0) is 11.3 Å². The lowest BCUT2D eigenvalue weighted by molar-refractivity contribution is -0.128. The van der Waals surface area contributed by atoms with Crippen molar-refractivity contribution in [2.24, 2.45) is 0 Å². The van der Waals surface area contributed by atoms with E-state index in [1.165, 1.54) is 5.56 Å². The number of aromatic amines is 1. The molecule has 2 aromatic heterocycles. The molecule has 1 aliphatic rings. The Hall–Kier alpha value is -3.47. The van der Waals surface area contributed by atoms with Gasteiger partial charge in [-0.2, -0.15) is 0 Å². The Labute approximate surface area is 163 Å². The fraction of sp³-hybridized carbons (Fsp3) is 0.174. The summed E-state index contributed by atoms with van der Waals surface area (Å²) in [5.41, 5.74) is 5.77. The van der Waals surface area contributed by atoms with Gasteiger partial charge in [-0.15, -0.1) is 0 Å². The standard InChI is InChI=1S/C23H20N4O/c28-21-12-18(16-7-3-1-4-8-16)13-27(21)14-19-11-20(17-9-5-2-6-10-17)26-23-22(19)24-15-25-23/h1-11,15,18H,12-14H2,(H,24,25,26). The number of H-pyrrole nitrogens is 1. The molecule has 1 aliphatic heterocycles. The molecule has 5 rings (SSSR count). The summed E-state index contributed by atoms with van der Waals surface area (Å²) in [7, 11) is 0. The highest BCUT2D eigenvalue weighted by atomic mass is 16.2. The fourth-order valence-corrected chi connectivity index (χ4v) is 3.95. The average molecular weight is 368 g/mol. The Morgan fingerprint density at radius 1 is 1.04 bits per heavy atom. The smallest absolute Gasteiger partial charge is 0.223 e. The summed E-state index contributed by atoms with van der Waals surface area (Å²) in [5, 5.41) is 0. The summed E-state index contributed by atoms with van der Waals surface area (Å²) in [6.45, 7) is 1.28. The van der Waals surface area contributed by atoms with Crippen LogP contribution >= 0.6 is 0 Å². The Kier molecular flexibility index (Phi) is 4.13. The van der Waals surface area contributed by atoms with Crippen LogP contribution in [0.2, 0.25) is 0 Å². The van der Waals surface area contributed by atoms with Crippen molar-refractivity contribution in [3.63, 3.8) is 0 Å². The maximum Gasteiger partial charge on any atom is 0.223 e. The van der Waals surface area contributed by atoms with E-state index in [9.17, 15) is 4.79 Å². The molecule has 1 N–H and O–H groups in total. The van der Waals surface area contributed by atoms with E-state index in [-0.39, 0.29) is 11.8 Å². The second-order valence-electron chi connectivity index (χ2n) is 7.22. The zero-order valence-electron chi connectivity index (χ0n) is 15.4. The number of imidazole rings is 1. The van der Waals surface area contributed by atoms with Gasteiger partial charge in [0, 0.05) is 36.6 Å². The van der Waals surface area contributed by atoms with Gasteiger partial charge in [-0.05, 0) is 11.6 Å². The molecule has 0 spiro atoms. The minimum absolute atomic E-state index is 0.190. The van der Waals surface area contributed by atoms with Gasteiger partial charge in [-0.1, -0.05) is 60.7 Å². The molecular weight excluding hydrogens is 348 g/mol. The third-order valence-corrected chi connectivity index (χ3v) is 5.38. The van der Waals surface area contributed by atoms with Gasteiger partial charge in [0.25, 0.3) is 0 Å². The summed E-state index contributed by atoms with van der Waals surface area (Å²) in [5.74, 6) is 0.439. The summed E-state index contributed by atoms with van der Waals surface area (Å²) >= 11 is 0. The first kappa shape index (κ1) is 16.7.